The monoisotopic (exact) mass is 316 g/mol. The molecule has 0 saturated carbocycles. The van der Waals surface area contributed by atoms with Gasteiger partial charge in [-0.15, -0.1) is 0 Å². The Kier molecular flexibility index (Phi) is 5.43. The Morgan fingerprint density at radius 2 is 2.10 bits per heavy atom. The molecule has 1 aromatic rings. The molecule has 0 atom stereocenters. The van der Waals surface area contributed by atoms with E-state index in [1.165, 1.54) is 4.31 Å². The molecule has 1 saturated heterocycles. The molecule has 1 aromatic heterocycles. The quantitative estimate of drug-likeness (QED) is 0.861. The van der Waals surface area contributed by atoms with Gasteiger partial charge in [-0.1, -0.05) is 0 Å². The summed E-state index contributed by atoms with van der Waals surface area (Å²) in [5.74, 6) is 1.09. The van der Waals surface area contributed by atoms with Crippen molar-refractivity contribution in [3.8, 4) is 0 Å². The fourth-order valence-corrected chi connectivity index (χ4v) is 4.31. The second-order valence-corrected chi connectivity index (χ2v) is 7.13. The van der Waals surface area contributed by atoms with Crippen molar-refractivity contribution in [2.75, 3.05) is 26.7 Å². The van der Waals surface area contributed by atoms with Crippen LogP contribution in [0.25, 0.3) is 0 Å². The van der Waals surface area contributed by atoms with Crippen molar-refractivity contribution in [3.63, 3.8) is 0 Å². The standard InChI is InChI=1S/C14H24N2O4S/c1-4-19-12-5-7-16(8-6-12)21(17,18)14-9-13(10-15-3)20-11(14)2/h9,12,15H,4-8,10H2,1-3H3. The second-order valence-electron chi connectivity index (χ2n) is 5.22. The molecular weight excluding hydrogens is 292 g/mol. The van der Waals surface area contributed by atoms with E-state index in [2.05, 4.69) is 5.32 Å². The van der Waals surface area contributed by atoms with Gasteiger partial charge >= 0.3 is 0 Å². The fourth-order valence-electron chi connectivity index (χ4n) is 2.66. The maximum atomic E-state index is 12.7. The third kappa shape index (κ3) is 3.66. The third-order valence-corrected chi connectivity index (χ3v) is 5.70. The van der Waals surface area contributed by atoms with Crippen LogP contribution >= 0.6 is 0 Å². The largest absolute Gasteiger partial charge is 0.464 e. The predicted molar refractivity (Wildman–Crippen MR) is 79.6 cm³/mol. The lowest BCUT2D eigenvalue weighted by molar-refractivity contribution is 0.0290. The van der Waals surface area contributed by atoms with E-state index < -0.39 is 10.0 Å². The Balaban J connectivity index is 2.12. The molecule has 120 valence electrons. The van der Waals surface area contributed by atoms with Gasteiger partial charge in [0.25, 0.3) is 0 Å². The number of sulfonamides is 1. The zero-order chi connectivity index (χ0) is 15.5. The molecule has 2 heterocycles. The normalized spacial score (nSPS) is 18.2. The summed E-state index contributed by atoms with van der Waals surface area (Å²) >= 11 is 0. The molecule has 0 unspecified atom stereocenters. The van der Waals surface area contributed by atoms with E-state index in [-0.39, 0.29) is 11.0 Å². The summed E-state index contributed by atoms with van der Waals surface area (Å²) in [5.41, 5.74) is 0. The van der Waals surface area contributed by atoms with Crippen molar-refractivity contribution in [1.82, 2.24) is 9.62 Å². The minimum atomic E-state index is -3.47. The van der Waals surface area contributed by atoms with Crippen molar-refractivity contribution >= 4 is 10.0 Å². The first kappa shape index (κ1) is 16.5. The predicted octanol–water partition coefficient (Wildman–Crippen LogP) is 1.50. The molecule has 0 aromatic carbocycles. The second kappa shape index (κ2) is 6.91. The van der Waals surface area contributed by atoms with Crippen molar-refractivity contribution in [2.45, 2.75) is 44.2 Å². The molecule has 0 aliphatic carbocycles. The van der Waals surface area contributed by atoms with Gasteiger partial charge in [-0.05, 0) is 33.7 Å². The SMILES string of the molecule is CCOC1CCN(S(=O)(=O)c2cc(CNC)oc2C)CC1. The molecule has 1 fully saturated rings. The van der Waals surface area contributed by atoms with Crippen LogP contribution in [0.15, 0.2) is 15.4 Å². The third-order valence-electron chi connectivity index (χ3n) is 3.70. The highest BCUT2D eigenvalue weighted by atomic mass is 32.2. The number of hydrogen-bond acceptors (Lipinski definition) is 5. The van der Waals surface area contributed by atoms with Crippen molar-refractivity contribution in [1.29, 1.82) is 0 Å². The van der Waals surface area contributed by atoms with E-state index in [0.29, 0.717) is 37.8 Å². The Morgan fingerprint density at radius 3 is 2.67 bits per heavy atom. The van der Waals surface area contributed by atoms with Crippen molar-refractivity contribution < 1.29 is 17.6 Å². The van der Waals surface area contributed by atoms with Crippen LogP contribution in [0, 0.1) is 6.92 Å². The number of furan rings is 1. The number of hydrogen-bond donors (Lipinski definition) is 1. The van der Waals surface area contributed by atoms with Gasteiger partial charge in [-0.3, -0.25) is 0 Å². The van der Waals surface area contributed by atoms with Gasteiger partial charge in [0, 0.05) is 25.8 Å². The van der Waals surface area contributed by atoms with Gasteiger partial charge in [0.2, 0.25) is 10.0 Å². The lowest BCUT2D eigenvalue weighted by atomic mass is 10.1. The molecular formula is C14H24N2O4S. The van der Waals surface area contributed by atoms with E-state index >= 15 is 0 Å². The van der Waals surface area contributed by atoms with Gasteiger partial charge in [0.05, 0.1) is 12.6 Å². The average molecular weight is 316 g/mol. The first-order chi connectivity index (χ1) is 9.98. The molecule has 0 bridgehead atoms. The Bertz CT molecular complexity index is 560. The van der Waals surface area contributed by atoms with Crippen LogP contribution in [0.1, 0.15) is 31.3 Å². The van der Waals surface area contributed by atoms with Crippen LogP contribution in [-0.2, 0) is 21.3 Å². The van der Waals surface area contributed by atoms with Crippen LogP contribution in [0.5, 0.6) is 0 Å². The summed E-state index contributed by atoms with van der Waals surface area (Å²) < 4.78 is 38.0. The molecule has 0 spiro atoms. The first-order valence-corrected chi connectivity index (χ1v) is 8.78. The molecule has 0 amide bonds. The van der Waals surface area contributed by atoms with Crippen LogP contribution in [-0.4, -0.2) is 45.6 Å². The van der Waals surface area contributed by atoms with Gasteiger partial charge in [-0.25, -0.2) is 8.42 Å². The summed E-state index contributed by atoms with van der Waals surface area (Å²) in [4.78, 5) is 0.280. The number of nitrogens with zero attached hydrogens (tertiary/aromatic N) is 1. The molecule has 1 aliphatic heterocycles. The Hall–Kier alpha value is -0.890. The zero-order valence-electron chi connectivity index (χ0n) is 12.9. The fraction of sp³-hybridized carbons (Fsp3) is 0.714. The zero-order valence-corrected chi connectivity index (χ0v) is 13.7. The lowest BCUT2D eigenvalue weighted by Gasteiger charge is -2.30. The van der Waals surface area contributed by atoms with Gasteiger partial charge in [-0.2, -0.15) is 4.31 Å². The summed E-state index contributed by atoms with van der Waals surface area (Å²) in [6.45, 7) is 5.84. The van der Waals surface area contributed by atoms with Crippen molar-refractivity contribution in [2.24, 2.45) is 0 Å². The van der Waals surface area contributed by atoms with Crippen LogP contribution < -0.4 is 5.32 Å². The molecule has 6 nitrogen and oxygen atoms in total. The van der Waals surface area contributed by atoms with E-state index in [1.807, 2.05) is 6.92 Å². The average Bonchev–Trinajstić information content (AvgIpc) is 2.82. The highest BCUT2D eigenvalue weighted by Gasteiger charge is 2.32. The number of ether oxygens (including phenoxy) is 1. The maximum Gasteiger partial charge on any atom is 0.246 e. The highest BCUT2D eigenvalue weighted by Crippen LogP contribution is 2.26. The topological polar surface area (TPSA) is 71.8 Å². The molecule has 2 rings (SSSR count). The Morgan fingerprint density at radius 1 is 1.43 bits per heavy atom. The van der Waals surface area contributed by atoms with Gasteiger partial charge < -0.3 is 14.5 Å². The first-order valence-electron chi connectivity index (χ1n) is 7.34. The van der Waals surface area contributed by atoms with E-state index in [4.69, 9.17) is 9.15 Å². The van der Waals surface area contributed by atoms with Gasteiger partial charge in [0.1, 0.15) is 16.4 Å². The number of nitrogens with one attached hydrogen (secondary N) is 1. The van der Waals surface area contributed by atoms with Gasteiger partial charge in [0.15, 0.2) is 0 Å². The lowest BCUT2D eigenvalue weighted by Crippen LogP contribution is -2.40. The summed E-state index contributed by atoms with van der Waals surface area (Å²) in [5, 5.41) is 2.96. The molecule has 0 radical (unpaired) electrons. The highest BCUT2D eigenvalue weighted by molar-refractivity contribution is 7.89. The van der Waals surface area contributed by atoms with Crippen LogP contribution in [0.4, 0.5) is 0 Å². The minimum absolute atomic E-state index is 0.173. The molecule has 1 N–H and O–H groups in total. The molecule has 1 aliphatic rings. The minimum Gasteiger partial charge on any atom is -0.464 e. The molecule has 21 heavy (non-hydrogen) atoms. The van der Waals surface area contributed by atoms with Crippen LogP contribution in [0.3, 0.4) is 0 Å². The summed E-state index contributed by atoms with van der Waals surface area (Å²) in [6, 6.07) is 1.62. The maximum absolute atomic E-state index is 12.7. The number of rotatable bonds is 6. The smallest absolute Gasteiger partial charge is 0.246 e. The van der Waals surface area contributed by atoms with Crippen molar-refractivity contribution in [3.05, 3.63) is 17.6 Å². The molecule has 7 heteroatoms. The Labute approximate surface area is 126 Å². The number of piperidine rings is 1. The number of aryl methyl sites for hydroxylation is 1. The van der Waals surface area contributed by atoms with E-state index in [0.717, 1.165) is 12.8 Å². The van der Waals surface area contributed by atoms with Crippen LogP contribution in [0.2, 0.25) is 0 Å². The summed E-state index contributed by atoms with van der Waals surface area (Å²) in [6.07, 6.45) is 1.66. The van der Waals surface area contributed by atoms with E-state index in [9.17, 15) is 8.42 Å². The van der Waals surface area contributed by atoms with E-state index in [1.54, 1.807) is 20.0 Å². The summed E-state index contributed by atoms with van der Waals surface area (Å²) in [7, 11) is -1.68.